The molecule has 20 heavy (non-hydrogen) atoms. The molecule has 0 aliphatic heterocycles. The van der Waals surface area contributed by atoms with Crippen molar-refractivity contribution in [2.75, 3.05) is 16.8 Å². The van der Waals surface area contributed by atoms with Crippen LogP contribution in [0.4, 0.5) is 10.8 Å². The van der Waals surface area contributed by atoms with Gasteiger partial charge in [0.05, 0.1) is 24.1 Å². The molecule has 0 aliphatic rings. The van der Waals surface area contributed by atoms with Crippen molar-refractivity contribution in [3.05, 3.63) is 35.1 Å². The third-order valence-corrected chi connectivity index (χ3v) is 3.88. The number of nitrogens with zero attached hydrogens (tertiary/aromatic N) is 3. The molecule has 6 heteroatoms. The number of rotatable bonds is 5. The van der Waals surface area contributed by atoms with E-state index < -0.39 is 0 Å². The summed E-state index contributed by atoms with van der Waals surface area (Å²) in [5.41, 5.74) is 3.07. The topological polar surface area (TPSA) is 58.1 Å². The van der Waals surface area contributed by atoms with Gasteiger partial charge in [0.15, 0.2) is 5.13 Å². The Balaban J connectivity index is 2.03. The van der Waals surface area contributed by atoms with Crippen molar-refractivity contribution in [2.24, 2.45) is 0 Å². The zero-order valence-corrected chi connectivity index (χ0v) is 12.7. The molecule has 2 heterocycles. The molecule has 0 fully saturated rings. The third kappa shape index (κ3) is 3.33. The van der Waals surface area contributed by atoms with Crippen LogP contribution < -0.4 is 10.2 Å². The molecule has 0 saturated carbocycles. The summed E-state index contributed by atoms with van der Waals surface area (Å²) in [6, 6.07) is 1.96. The van der Waals surface area contributed by atoms with E-state index in [-0.39, 0.29) is 5.91 Å². The van der Waals surface area contributed by atoms with Crippen molar-refractivity contribution < 1.29 is 4.79 Å². The van der Waals surface area contributed by atoms with Gasteiger partial charge in [0.1, 0.15) is 0 Å². The standard InChI is InChI=1S/C14H18N4OS/c1-4-18(11(3)19)14-17-12(9-20-14)7-16-13-8-15-6-5-10(13)2/h5-6,8-9,16H,4,7H2,1-3H3. The number of hydrogen-bond donors (Lipinski definition) is 1. The molecule has 2 aromatic heterocycles. The zero-order valence-electron chi connectivity index (χ0n) is 11.9. The Morgan fingerprint density at radius 3 is 2.95 bits per heavy atom. The lowest BCUT2D eigenvalue weighted by Gasteiger charge is -2.14. The van der Waals surface area contributed by atoms with Gasteiger partial charge in [-0.05, 0) is 25.5 Å². The van der Waals surface area contributed by atoms with Crippen LogP contribution in [0.2, 0.25) is 0 Å². The molecule has 0 atom stereocenters. The Hall–Kier alpha value is -1.95. The first-order valence-electron chi connectivity index (χ1n) is 6.48. The summed E-state index contributed by atoms with van der Waals surface area (Å²) in [6.07, 6.45) is 3.57. The molecule has 0 radical (unpaired) electrons. The summed E-state index contributed by atoms with van der Waals surface area (Å²) in [5.74, 6) is 0.0180. The number of nitrogens with one attached hydrogen (secondary N) is 1. The van der Waals surface area contributed by atoms with E-state index in [4.69, 9.17) is 0 Å². The summed E-state index contributed by atoms with van der Waals surface area (Å²) in [5, 5.41) is 6.03. The number of aromatic nitrogens is 2. The van der Waals surface area contributed by atoms with E-state index in [1.54, 1.807) is 24.2 Å². The van der Waals surface area contributed by atoms with Gasteiger partial charge in [0.2, 0.25) is 5.91 Å². The molecule has 2 aromatic rings. The molecule has 1 N–H and O–H groups in total. The molecule has 0 aliphatic carbocycles. The Morgan fingerprint density at radius 1 is 1.50 bits per heavy atom. The summed E-state index contributed by atoms with van der Waals surface area (Å²) in [6.45, 7) is 6.79. The fraction of sp³-hybridized carbons (Fsp3) is 0.357. The fourth-order valence-electron chi connectivity index (χ4n) is 1.83. The van der Waals surface area contributed by atoms with E-state index in [0.29, 0.717) is 13.1 Å². The van der Waals surface area contributed by atoms with Crippen molar-refractivity contribution in [1.29, 1.82) is 0 Å². The molecular formula is C14H18N4OS. The maximum absolute atomic E-state index is 11.5. The Kier molecular flexibility index (Phi) is 4.68. The second-order valence-electron chi connectivity index (χ2n) is 4.43. The molecule has 0 spiro atoms. The summed E-state index contributed by atoms with van der Waals surface area (Å²) in [4.78, 5) is 21.7. The average Bonchev–Trinajstić information content (AvgIpc) is 2.87. The number of anilines is 2. The summed E-state index contributed by atoms with van der Waals surface area (Å²) >= 11 is 1.49. The smallest absolute Gasteiger partial charge is 0.225 e. The predicted octanol–water partition coefficient (Wildman–Crippen LogP) is 2.83. The molecular weight excluding hydrogens is 272 g/mol. The highest BCUT2D eigenvalue weighted by molar-refractivity contribution is 7.14. The highest BCUT2D eigenvalue weighted by Crippen LogP contribution is 2.21. The fourth-order valence-corrected chi connectivity index (χ4v) is 2.76. The van der Waals surface area contributed by atoms with Crippen LogP contribution >= 0.6 is 11.3 Å². The molecule has 0 saturated heterocycles. The Morgan fingerprint density at radius 2 is 2.30 bits per heavy atom. The molecule has 106 valence electrons. The summed E-state index contributed by atoms with van der Waals surface area (Å²) in [7, 11) is 0. The van der Waals surface area contributed by atoms with Gasteiger partial charge >= 0.3 is 0 Å². The van der Waals surface area contributed by atoms with Crippen molar-refractivity contribution in [3.8, 4) is 0 Å². The second kappa shape index (κ2) is 6.47. The SMILES string of the molecule is CCN(C(C)=O)c1nc(CNc2cnccc2C)cs1. The monoisotopic (exact) mass is 290 g/mol. The van der Waals surface area contributed by atoms with E-state index in [2.05, 4.69) is 15.3 Å². The minimum Gasteiger partial charge on any atom is -0.378 e. The highest BCUT2D eigenvalue weighted by atomic mass is 32.1. The lowest BCUT2D eigenvalue weighted by atomic mass is 10.2. The van der Waals surface area contributed by atoms with E-state index in [0.717, 1.165) is 22.1 Å². The molecule has 2 rings (SSSR count). The van der Waals surface area contributed by atoms with Gasteiger partial charge in [0, 0.05) is 25.0 Å². The van der Waals surface area contributed by atoms with Gasteiger partial charge in [0.25, 0.3) is 0 Å². The second-order valence-corrected chi connectivity index (χ2v) is 5.27. The van der Waals surface area contributed by atoms with Crippen molar-refractivity contribution in [3.63, 3.8) is 0 Å². The number of amides is 1. The van der Waals surface area contributed by atoms with Gasteiger partial charge in [-0.2, -0.15) is 0 Å². The van der Waals surface area contributed by atoms with Crippen LogP contribution in [-0.2, 0) is 11.3 Å². The average molecular weight is 290 g/mol. The van der Waals surface area contributed by atoms with Crippen LogP contribution in [0.1, 0.15) is 25.1 Å². The van der Waals surface area contributed by atoms with Crippen LogP contribution in [0.15, 0.2) is 23.8 Å². The molecule has 0 aromatic carbocycles. The number of pyridine rings is 1. The number of hydrogen-bond acceptors (Lipinski definition) is 5. The minimum absolute atomic E-state index is 0.0180. The number of carbonyl (C=O) groups is 1. The number of thiazole rings is 1. The molecule has 0 bridgehead atoms. The minimum atomic E-state index is 0.0180. The largest absolute Gasteiger partial charge is 0.378 e. The Bertz CT molecular complexity index is 596. The van der Waals surface area contributed by atoms with Gasteiger partial charge in [-0.15, -0.1) is 11.3 Å². The maximum Gasteiger partial charge on any atom is 0.225 e. The first kappa shape index (κ1) is 14.5. The van der Waals surface area contributed by atoms with Crippen molar-refractivity contribution in [2.45, 2.75) is 27.3 Å². The van der Waals surface area contributed by atoms with Gasteiger partial charge < -0.3 is 5.32 Å². The van der Waals surface area contributed by atoms with Gasteiger partial charge in [-0.25, -0.2) is 4.98 Å². The highest BCUT2D eigenvalue weighted by Gasteiger charge is 2.13. The predicted molar refractivity (Wildman–Crippen MR) is 82.1 cm³/mol. The van der Waals surface area contributed by atoms with Crippen LogP contribution in [0.5, 0.6) is 0 Å². The third-order valence-electron chi connectivity index (χ3n) is 2.97. The lowest BCUT2D eigenvalue weighted by Crippen LogP contribution is -2.27. The van der Waals surface area contributed by atoms with E-state index >= 15 is 0 Å². The van der Waals surface area contributed by atoms with Crippen LogP contribution in [0.25, 0.3) is 0 Å². The normalized spacial score (nSPS) is 10.3. The zero-order chi connectivity index (χ0) is 14.5. The quantitative estimate of drug-likeness (QED) is 0.920. The van der Waals surface area contributed by atoms with E-state index in [1.807, 2.05) is 25.3 Å². The van der Waals surface area contributed by atoms with Gasteiger partial charge in [-0.1, -0.05) is 0 Å². The summed E-state index contributed by atoms with van der Waals surface area (Å²) < 4.78 is 0. The lowest BCUT2D eigenvalue weighted by molar-refractivity contribution is -0.116. The maximum atomic E-state index is 11.5. The molecule has 5 nitrogen and oxygen atoms in total. The van der Waals surface area contributed by atoms with Crippen molar-refractivity contribution in [1.82, 2.24) is 9.97 Å². The van der Waals surface area contributed by atoms with E-state index in [9.17, 15) is 4.79 Å². The first-order chi connectivity index (χ1) is 9.61. The first-order valence-corrected chi connectivity index (χ1v) is 7.36. The van der Waals surface area contributed by atoms with Gasteiger partial charge in [-0.3, -0.25) is 14.7 Å². The number of aryl methyl sites for hydroxylation is 1. The number of carbonyl (C=O) groups excluding carboxylic acids is 1. The van der Waals surface area contributed by atoms with Crippen molar-refractivity contribution >= 4 is 28.1 Å². The molecule has 1 amide bonds. The molecule has 0 unspecified atom stereocenters. The van der Waals surface area contributed by atoms with E-state index in [1.165, 1.54) is 11.3 Å². The Labute approximate surface area is 122 Å². The van der Waals surface area contributed by atoms with Crippen LogP contribution in [-0.4, -0.2) is 22.4 Å². The van der Waals surface area contributed by atoms with Crippen LogP contribution in [0.3, 0.4) is 0 Å². The van der Waals surface area contributed by atoms with Crippen LogP contribution in [0, 0.1) is 6.92 Å².